The van der Waals surface area contributed by atoms with Crippen molar-refractivity contribution >= 4 is 65.4 Å². The first kappa shape index (κ1) is 30.7. The zero-order valence-electron chi connectivity index (χ0n) is 29.5. The molecule has 0 saturated heterocycles. The zero-order valence-corrected chi connectivity index (χ0v) is 29.5. The minimum absolute atomic E-state index is 0.595. The van der Waals surface area contributed by atoms with Crippen LogP contribution in [0.25, 0.3) is 93.6 Å². The first-order valence-electron chi connectivity index (χ1n) is 18.3. The van der Waals surface area contributed by atoms with Crippen molar-refractivity contribution in [3.05, 3.63) is 187 Å². The molecule has 11 rings (SSSR count). The Morgan fingerprint density at radius 1 is 0.327 bits per heavy atom. The Morgan fingerprint density at radius 2 is 0.818 bits per heavy atom. The molecule has 0 radical (unpaired) electrons. The quantitative estimate of drug-likeness (QED) is 0.184. The van der Waals surface area contributed by atoms with Gasteiger partial charge in [0.25, 0.3) is 0 Å². The largest absolute Gasteiger partial charge is 0.309 e. The highest BCUT2D eigenvalue weighted by molar-refractivity contribution is 6.12. The van der Waals surface area contributed by atoms with E-state index in [1.54, 1.807) is 0 Å². The molecule has 5 heteroatoms. The molecule has 55 heavy (non-hydrogen) atoms. The van der Waals surface area contributed by atoms with Crippen molar-refractivity contribution < 1.29 is 0 Å². The molecule has 8 aromatic carbocycles. The Bertz CT molecular complexity index is 3400. The fourth-order valence-corrected chi connectivity index (χ4v) is 8.68. The second-order valence-corrected chi connectivity index (χ2v) is 14.0. The summed E-state index contributed by atoms with van der Waals surface area (Å²) in [6, 6.07) is 66.0. The van der Waals surface area contributed by atoms with Crippen molar-refractivity contribution in [2.24, 2.45) is 0 Å². The molecular weight excluding hydrogens is 671 g/mol. The van der Waals surface area contributed by atoms with Crippen molar-refractivity contribution in [2.45, 2.75) is 0 Å². The number of fused-ring (bicyclic) bond motifs is 9. The normalized spacial score (nSPS) is 11.6. The molecule has 0 bridgehead atoms. The molecule has 3 aromatic heterocycles. The van der Waals surface area contributed by atoms with E-state index in [4.69, 9.17) is 0 Å². The monoisotopic (exact) mass is 699 g/mol. The molecule has 0 spiro atoms. The van der Waals surface area contributed by atoms with Gasteiger partial charge < -0.3 is 13.7 Å². The molecule has 0 fully saturated rings. The summed E-state index contributed by atoms with van der Waals surface area (Å²) in [7, 11) is 0. The van der Waals surface area contributed by atoms with Crippen LogP contribution in [0.5, 0.6) is 0 Å². The van der Waals surface area contributed by atoms with Crippen LogP contribution in [0.3, 0.4) is 0 Å². The summed E-state index contributed by atoms with van der Waals surface area (Å²) in [6.45, 7) is 0. The van der Waals surface area contributed by atoms with E-state index in [0.717, 1.165) is 71.8 Å². The van der Waals surface area contributed by atoms with Gasteiger partial charge in [-0.1, -0.05) is 97.1 Å². The molecule has 3 heterocycles. The fourth-order valence-electron chi connectivity index (χ4n) is 8.68. The molecule has 11 aromatic rings. The lowest BCUT2D eigenvalue weighted by Gasteiger charge is -2.14. The number of nitriles is 2. The average molecular weight is 700 g/mol. The van der Waals surface area contributed by atoms with Gasteiger partial charge in [0.2, 0.25) is 0 Å². The molecule has 0 unspecified atom stereocenters. The van der Waals surface area contributed by atoms with E-state index in [-0.39, 0.29) is 0 Å². The van der Waals surface area contributed by atoms with Crippen LogP contribution in [-0.2, 0) is 0 Å². The number of para-hydroxylation sites is 4. The van der Waals surface area contributed by atoms with Gasteiger partial charge in [0.05, 0.1) is 56.0 Å². The number of nitrogens with zero attached hydrogens (tertiary/aromatic N) is 5. The standard InChI is InChI=1S/C50H29N5/c51-30-32-17-25-49-43(27-32)41-12-4-7-15-47(41)54(49)37-23-24-42-40-11-3-8-16-48(40)55(50(42)29-37)44-26-20-34(28-35(44)31-52)33-18-21-36(22-19-33)53-45-13-5-1-9-38(45)39-10-2-6-14-46(39)53/h1-29H. The number of aromatic nitrogens is 3. The molecule has 0 saturated carbocycles. The number of hydrogen-bond acceptors (Lipinski definition) is 2. The Morgan fingerprint density at radius 3 is 1.42 bits per heavy atom. The van der Waals surface area contributed by atoms with Gasteiger partial charge in [-0.05, 0) is 90.0 Å². The van der Waals surface area contributed by atoms with Crippen LogP contribution in [-0.4, -0.2) is 13.7 Å². The van der Waals surface area contributed by atoms with E-state index >= 15 is 0 Å². The minimum Gasteiger partial charge on any atom is -0.309 e. The smallest absolute Gasteiger partial charge is 0.101 e. The molecule has 5 nitrogen and oxygen atoms in total. The van der Waals surface area contributed by atoms with E-state index in [1.165, 1.54) is 21.8 Å². The van der Waals surface area contributed by atoms with E-state index < -0.39 is 0 Å². The summed E-state index contributed by atoms with van der Waals surface area (Å²) in [5.74, 6) is 0. The maximum absolute atomic E-state index is 10.7. The van der Waals surface area contributed by atoms with Crippen LogP contribution in [0.15, 0.2) is 176 Å². The summed E-state index contributed by atoms with van der Waals surface area (Å²) in [5, 5.41) is 27.2. The van der Waals surface area contributed by atoms with Crippen molar-refractivity contribution in [2.75, 3.05) is 0 Å². The highest BCUT2D eigenvalue weighted by Crippen LogP contribution is 2.39. The van der Waals surface area contributed by atoms with E-state index in [0.29, 0.717) is 11.1 Å². The van der Waals surface area contributed by atoms with Gasteiger partial charge in [-0.15, -0.1) is 0 Å². The Balaban J connectivity index is 1.06. The molecule has 0 N–H and O–H groups in total. The maximum atomic E-state index is 10.7. The lowest BCUT2D eigenvalue weighted by atomic mass is 10.0. The molecular formula is C50H29N5. The summed E-state index contributed by atoms with van der Waals surface area (Å²) >= 11 is 0. The number of rotatable bonds is 4. The van der Waals surface area contributed by atoms with Gasteiger partial charge in [0.1, 0.15) is 6.07 Å². The summed E-state index contributed by atoms with van der Waals surface area (Å²) in [5.41, 5.74) is 12.7. The highest BCUT2D eigenvalue weighted by Gasteiger charge is 2.19. The van der Waals surface area contributed by atoms with Gasteiger partial charge in [-0.3, -0.25) is 0 Å². The molecule has 0 atom stereocenters. The fraction of sp³-hybridized carbons (Fsp3) is 0. The lowest BCUT2D eigenvalue weighted by Crippen LogP contribution is -1.99. The maximum Gasteiger partial charge on any atom is 0.101 e. The average Bonchev–Trinajstić information content (AvgIpc) is 3.88. The van der Waals surface area contributed by atoms with E-state index in [1.807, 2.05) is 30.3 Å². The third kappa shape index (κ3) is 4.51. The SMILES string of the molecule is N#Cc1ccc2c(c1)c1ccccc1n2-c1ccc2c3ccccc3n(-c3ccc(-c4ccc(-n5c6ccccc6c6ccccc65)cc4)cc3C#N)c2c1. The first-order valence-corrected chi connectivity index (χ1v) is 18.3. The van der Waals surface area contributed by atoms with Crippen molar-refractivity contribution in [3.63, 3.8) is 0 Å². The predicted octanol–water partition coefficient (Wildman–Crippen LogP) is 12.4. The minimum atomic E-state index is 0.595. The van der Waals surface area contributed by atoms with Gasteiger partial charge in [-0.25, -0.2) is 0 Å². The van der Waals surface area contributed by atoms with Crippen LogP contribution >= 0.6 is 0 Å². The van der Waals surface area contributed by atoms with Crippen LogP contribution in [0, 0.1) is 22.7 Å². The Kier molecular flexibility index (Phi) is 6.61. The number of hydrogen-bond donors (Lipinski definition) is 0. The number of benzene rings is 8. The Hall–Kier alpha value is -7.86. The second kappa shape index (κ2) is 11.8. The van der Waals surface area contributed by atoms with Crippen molar-refractivity contribution in [1.29, 1.82) is 10.5 Å². The molecule has 0 aliphatic heterocycles. The van der Waals surface area contributed by atoms with Crippen LogP contribution in [0.4, 0.5) is 0 Å². The molecule has 0 aliphatic carbocycles. The predicted molar refractivity (Wildman–Crippen MR) is 224 cm³/mol. The highest BCUT2D eigenvalue weighted by atomic mass is 15.0. The summed E-state index contributed by atoms with van der Waals surface area (Å²) < 4.78 is 6.81. The third-order valence-electron chi connectivity index (χ3n) is 11.1. The second-order valence-electron chi connectivity index (χ2n) is 14.0. The van der Waals surface area contributed by atoms with E-state index in [2.05, 4.69) is 171 Å². The molecule has 0 amide bonds. The molecule has 0 aliphatic rings. The van der Waals surface area contributed by atoms with Crippen LogP contribution in [0.1, 0.15) is 11.1 Å². The van der Waals surface area contributed by atoms with Crippen LogP contribution < -0.4 is 0 Å². The zero-order chi connectivity index (χ0) is 36.6. The van der Waals surface area contributed by atoms with Crippen molar-refractivity contribution in [1.82, 2.24) is 13.7 Å². The van der Waals surface area contributed by atoms with Gasteiger partial charge in [0.15, 0.2) is 0 Å². The topological polar surface area (TPSA) is 62.4 Å². The lowest BCUT2D eigenvalue weighted by molar-refractivity contribution is 1.15. The van der Waals surface area contributed by atoms with Gasteiger partial charge in [-0.2, -0.15) is 10.5 Å². The third-order valence-corrected chi connectivity index (χ3v) is 11.1. The first-order chi connectivity index (χ1) is 27.2. The summed E-state index contributed by atoms with van der Waals surface area (Å²) in [6.07, 6.45) is 0. The van der Waals surface area contributed by atoms with Gasteiger partial charge >= 0.3 is 0 Å². The summed E-state index contributed by atoms with van der Waals surface area (Å²) in [4.78, 5) is 0. The van der Waals surface area contributed by atoms with Gasteiger partial charge in [0, 0.05) is 43.7 Å². The van der Waals surface area contributed by atoms with E-state index in [9.17, 15) is 10.5 Å². The van der Waals surface area contributed by atoms with Crippen molar-refractivity contribution in [3.8, 4) is 40.3 Å². The Labute approximate surface area is 316 Å². The molecule has 254 valence electrons. The van der Waals surface area contributed by atoms with Crippen LogP contribution in [0.2, 0.25) is 0 Å².